The highest BCUT2D eigenvalue weighted by molar-refractivity contribution is 14.1. The number of ether oxygens (including phenoxy) is 1. The predicted octanol–water partition coefficient (Wildman–Crippen LogP) is 2.13. The van der Waals surface area contributed by atoms with Gasteiger partial charge in [-0.3, -0.25) is 4.79 Å². The van der Waals surface area contributed by atoms with E-state index in [4.69, 9.17) is 10.5 Å². The molecule has 0 aliphatic rings. The standard InChI is InChI=1S/C14H11IN4O2/c1-21-12-6-10-11(7-17-12)19(18-13(10)14(16)20)9-4-2-3-8(15)5-9/h2-7H,1H3,(H2,16,20). The maximum Gasteiger partial charge on any atom is 0.269 e. The van der Waals surface area contributed by atoms with Crippen LogP contribution < -0.4 is 10.5 Å². The molecule has 0 saturated heterocycles. The number of rotatable bonds is 3. The van der Waals surface area contributed by atoms with Crippen LogP contribution in [0, 0.1) is 3.57 Å². The molecule has 0 bridgehead atoms. The van der Waals surface area contributed by atoms with Crippen molar-refractivity contribution in [2.75, 3.05) is 7.11 Å². The number of carbonyl (C=O) groups excluding carboxylic acids is 1. The van der Waals surface area contributed by atoms with E-state index in [1.54, 1.807) is 16.9 Å². The topological polar surface area (TPSA) is 83.0 Å². The van der Waals surface area contributed by atoms with Crippen molar-refractivity contribution in [1.29, 1.82) is 0 Å². The highest BCUT2D eigenvalue weighted by Gasteiger charge is 2.17. The fourth-order valence-corrected chi connectivity index (χ4v) is 2.62. The molecule has 0 aliphatic carbocycles. The molecular formula is C14H11IN4O2. The van der Waals surface area contributed by atoms with Crippen molar-refractivity contribution < 1.29 is 9.53 Å². The number of carbonyl (C=O) groups is 1. The summed E-state index contributed by atoms with van der Waals surface area (Å²) in [6, 6.07) is 9.43. The van der Waals surface area contributed by atoms with Crippen molar-refractivity contribution in [3.8, 4) is 11.6 Å². The van der Waals surface area contributed by atoms with Crippen molar-refractivity contribution in [1.82, 2.24) is 14.8 Å². The number of fused-ring (bicyclic) bond motifs is 1. The molecule has 0 fully saturated rings. The summed E-state index contributed by atoms with van der Waals surface area (Å²) >= 11 is 2.22. The van der Waals surface area contributed by atoms with E-state index in [9.17, 15) is 4.79 Å². The summed E-state index contributed by atoms with van der Waals surface area (Å²) in [5.74, 6) is -0.176. The quantitative estimate of drug-likeness (QED) is 0.690. The number of nitrogens with two attached hydrogens (primary N) is 1. The van der Waals surface area contributed by atoms with Gasteiger partial charge in [0.2, 0.25) is 5.88 Å². The van der Waals surface area contributed by atoms with E-state index >= 15 is 0 Å². The average molecular weight is 394 g/mol. The maximum atomic E-state index is 11.6. The van der Waals surface area contributed by atoms with E-state index in [-0.39, 0.29) is 5.69 Å². The first-order valence-electron chi connectivity index (χ1n) is 6.08. The molecule has 7 heteroatoms. The van der Waals surface area contributed by atoms with E-state index in [1.165, 1.54) is 7.11 Å². The van der Waals surface area contributed by atoms with Gasteiger partial charge in [0, 0.05) is 15.0 Å². The SMILES string of the molecule is COc1cc2c(C(N)=O)nn(-c3cccc(I)c3)c2cn1. The molecule has 2 N–H and O–H groups in total. The van der Waals surface area contributed by atoms with Crippen molar-refractivity contribution in [2.45, 2.75) is 0 Å². The molecule has 0 aliphatic heterocycles. The zero-order valence-electron chi connectivity index (χ0n) is 11.1. The molecule has 106 valence electrons. The first-order chi connectivity index (χ1) is 10.1. The Hall–Kier alpha value is -2.16. The lowest BCUT2D eigenvalue weighted by molar-refractivity contribution is 0.0996. The van der Waals surface area contributed by atoms with Crippen LogP contribution in [0.4, 0.5) is 0 Å². The fraction of sp³-hybridized carbons (Fsp3) is 0.0714. The summed E-state index contributed by atoms with van der Waals surface area (Å²) in [5, 5.41) is 4.94. The van der Waals surface area contributed by atoms with Gasteiger partial charge in [-0.2, -0.15) is 5.10 Å². The second kappa shape index (κ2) is 5.32. The minimum atomic E-state index is -0.586. The molecule has 21 heavy (non-hydrogen) atoms. The van der Waals surface area contributed by atoms with Crippen molar-refractivity contribution in [3.63, 3.8) is 0 Å². The third-order valence-corrected chi connectivity index (χ3v) is 3.71. The van der Waals surface area contributed by atoms with E-state index in [0.29, 0.717) is 16.8 Å². The van der Waals surface area contributed by atoms with Crippen LogP contribution in [-0.2, 0) is 0 Å². The van der Waals surface area contributed by atoms with Crippen LogP contribution >= 0.6 is 22.6 Å². The van der Waals surface area contributed by atoms with Crippen LogP contribution in [0.15, 0.2) is 36.5 Å². The molecule has 0 saturated carbocycles. The van der Waals surface area contributed by atoms with E-state index < -0.39 is 5.91 Å². The van der Waals surface area contributed by atoms with Gasteiger partial charge in [-0.1, -0.05) is 6.07 Å². The summed E-state index contributed by atoms with van der Waals surface area (Å²) in [5.41, 5.74) is 7.15. The van der Waals surface area contributed by atoms with Gasteiger partial charge in [0.05, 0.1) is 24.5 Å². The smallest absolute Gasteiger partial charge is 0.269 e. The Morgan fingerprint density at radius 3 is 2.86 bits per heavy atom. The van der Waals surface area contributed by atoms with Crippen LogP contribution in [0.25, 0.3) is 16.6 Å². The number of halogens is 1. The zero-order valence-corrected chi connectivity index (χ0v) is 13.2. The normalized spacial score (nSPS) is 10.8. The minimum absolute atomic E-state index is 0.199. The monoisotopic (exact) mass is 394 g/mol. The number of methoxy groups -OCH3 is 1. The van der Waals surface area contributed by atoms with E-state index in [0.717, 1.165) is 9.26 Å². The number of primary amides is 1. The molecule has 0 atom stereocenters. The third-order valence-electron chi connectivity index (χ3n) is 3.04. The molecule has 0 unspecified atom stereocenters. The van der Waals surface area contributed by atoms with Gasteiger partial charge in [0.15, 0.2) is 5.69 Å². The van der Waals surface area contributed by atoms with Crippen molar-refractivity contribution in [3.05, 3.63) is 45.8 Å². The van der Waals surface area contributed by atoms with Gasteiger partial charge in [0.25, 0.3) is 5.91 Å². The molecule has 3 rings (SSSR count). The first kappa shape index (κ1) is 13.8. The fourth-order valence-electron chi connectivity index (χ4n) is 2.09. The Morgan fingerprint density at radius 1 is 1.38 bits per heavy atom. The summed E-state index contributed by atoms with van der Waals surface area (Å²) in [7, 11) is 1.52. The molecule has 2 aromatic heterocycles. The van der Waals surface area contributed by atoms with Crippen LogP contribution in [0.3, 0.4) is 0 Å². The van der Waals surface area contributed by atoms with Gasteiger partial charge in [-0.25, -0.2) is 9.67 Å². The van der Waals surface area contributed by atoms with Crippen LogP contribution in [0.1, 0.15) is 10.5 Å². The molecular weight excluding hydrogens is 383 g/mol. The molecule has 0 spiro atoms. The zero-order chi connectivity index (χ0) is 15.0. The van der Waals surface area contributed by atoms with Gasteiger partial charge >= 0.3 is 0 Å². The second-order valence-corrected chi connectivity index (χ2v) is 5.59. The lowest BCUT2D eigenvalue weighted by Gasteiger charge is -2.04. The third kappa shape index (κ3) is 2.44. The highest BCUT2D eigenvalue weighted by atomic mass is 127. The summed E-state index contributed by atoms with van der Waals surface area (Å²) < 4.78 is 7.81. The molecule has 0 radical (unpaired) electrons. The lowest BCUT2D eigenvalue weighted by Crippen LogP contribution is -2.12. The van der Waals surface area contributed by atoms with Crippen LogP contribution in [-0.4, -0.2) is 27.8 Å². The lowest BCUT2D eigenvalue weighted by atomic mass is 10.2. The molecule has 3 aromatic rings. The van der Waals surface area contributed by atoms with Crippen molar-refractivity contribution in [2.24, 2.45) is 5.73 Å². The first-order valence-corrected chi connectivity index (χ1v) is 7.16. The van der Waals surface area contributed by atoms with Gasteiger partial charge in [0.1, 0.15) is 0 Å². The maximum absolute atomic E-state index is 11.6. The summed E-state index contributed by atoms with van der Waals surface area (Å²) in [6.45, 7) is 0. The number of nitrogens with zero attached hydrogens (tertiary/aromatic N) is 3. The van der Waals surface area contributed by atoms with Crippen LogP contribution in [0.5, 0.6) is 5.88 Å². The van der Waals surface area contributed by atoms with E-state index in [2.05, 4.69) is 32.7 Å². The Balaban J connectivity index is 2.31. The summed E-state index contributed by atoms with van der Waals surface area (Å²) in [4.78, 5) is 15.8. The molecule has 6 nitrogen and oxygen atoms in total. The highest BCUT2D eigenvalue weighted by Crippen LogP contribution is 2.25. The number of benzene rings is 1. The van der Waals surface area contributed by atoms with E-state index in [1.807, 2.05) is 24.3 Å². The summed E-state index contributed by atoms with van der Waals surface area (Å²) in [6.07, 6.45) is 1.62. The Labute approximate surface area is 134 Å². The van der Waals surface area contributed by atoms with Gasteiger partial charge < -0.3 is 10.5 Å². The Bertz CT molecular complexity index is 844. The second-order valence-electron chi connectivity index (χ2n) is 4.35. The Kier molecular flexibility index (Phi) is 3.50. The van der Waals surface area contributed by atoms with Crippen LogP contribution in [0.2, 0.25) is 0 Å². The van der Waals surface area contributed by atoms with Gasteiger partial charge in [-0.05, 0) is 40.8 Å². The molecule has 1 aromatic carbocycles. The number of hydrogen-bond donors (Lipinski definition) is 1. The number of aromatic nitrogens is 3. The Morgan fingerprint density at radius 2 is 2.19 bits per heavy atom. The van der Waals surface area contributed by atoms with Gasteiger partial charge in [-0.15, -0.1) is 0 Å². The molecule has 2 heterocycles. The minimum Gasteiger partial charge on any atom is -0.481 e. The number of amides is 1. The predicted molar refractivity (Wildman–Crippen MR) is 86.7 cm³/mol. The van der Waals surface area contributed by atoms with Crippen molar-refractivity contribution >= 4 is 39.4 Å². The number of hydrogen-bond acceptors (Lipinski definition) is 4. The average Bonchev–Trinajstić information content (AvgIpc) is 2.86. The largest absolute Gasteiger partial charge is 0.481 e. The molecule has 1 amide bonds. The number of pyridine rings is 1.